The first-order chi connectivity index (χ1) is 13.3. The lowest BCUT2D eigenvalue weighted by molar-refractivity contribution is -0.118. The van der Waals surface area contributed by atoms with Gasteiger partial charge in [0.05, 0.1) is 12.0 Å². The van der Waals surface area contributed by atoms with Gasteiger partial charge in [-0.25, -0.2) is 8.42 Å². The number of carbonyl (C=O) groups excluding carboxylic acids is 1. The Labute approximate surface area is 166 Å². The van der Waals surface area contributed by atoms with Gasteiger partial charge < -0.3 is 14.8 Å². The average molecular weight is 407 g/mol. The van der Waals surface area contributed by atoms with Gasteiger partial charge in [0.25, 0.3) is 5.91 Å². The molecule has 0 heterocycles. The standard InChI is InChI=1S/C20H26N2O5S/c1-5-22(6-2)28(24,25)18-12-7-15(3)19(13-18)21-20(23)14-27-17-10-8-16(26-4)9-11-17/h7-13H,5-6,14H2,1-4H3,(H,21,23). The van der Waals surface area contributed by atoms with Gasteiger partial charge in [-0.1, -0.05) is 19.9 Å². The maximum Gasteiger partial charge on any atom is 0.262 e. The summed E-state index contributed by atoms with van der Waals surface area (Å²) in [4.78, 5) is 12.4. The highest BCUT2D eigenvalue weighted by Gasteiger charge is 2.22. The third-order valence-corrected chi connectivity index (χ3v) is 6.30. The van der Waals surface area contributed by atoms with Crippen LogP contribution in [0.25, 0.3) is 0 Å². The van der Waals surface area contributed by atoms with Crippen molar-refractivity contribution in [1.29, 1.82) is 0 Å². The Morgan fingerprint density at radius 2 is 1.64 bits per heavy atom. The van der Waals surface area contributed by atoms with Crippen molar-refractivity contribution < 1.29 is 22.7 Å². The third-order valence-electron chi connectivity index (χ3n) is 4.26. The minimum absolute atomic E-state index is 0.146. The Bertz CT molecular complexity index is 907. The number of sulfonamides is 1. The summed E-state index contributed by atoms with van der Waals surface area (Å²) in [5, 5.41) is 2.72. The first-order valence-corrected chi connectivity index (χ1v) is 10.4. The quantitative estimate of drug-likeness (QED) is 0.692. The lowest BCUT2D eigenvalue weighted by atomic mass is 10.2. The van der Waals surface area contributed by atoms with Crippen LogP contribution in [0, 0.1) is 6.92 Å². The molecular formula is C20H26N2O5S. The summed E-state index contributed by atoms with van der Waals surface area (Å²) in [6.07, 6.45) is 0. The monoisotopic (exact) mass is 406 g/mol. The Kier molecular flexibility index (Phi) is 7.42. The van der Waals surface area contributed by atoms with Crippen molar-refractivity contribution in [3.05, 3.63) is 48.0 Å². The van der Waals surface area contributed by atoms with Crippen LogP contribution in [-0.4, -0.2) is 45.4 Å². The Morgan fingerprint density at radius 3 is 2.21 bits per heavy atom. The van der Waals surface area contributed by atoms with Gasteiger partial charge in [-0.15, -0.1) is 0 Å². The van der Waals surface area contributed by atoms with Crippen LogP contribution in [0.3, 0.4) is 0 Å². The molecular weight excluding hydrogens is 380 g/mol. The highest BCUT2D eigenvalue weighted by Crippen LogP contribution is 2.23. The number of amides is 1. The van der Waals surface area contributed by atoms with Crippen molar-refractivity contribution in [2.45, 2.75) is 25.7 Å². The molecule has 0 aliphatic heterocycles. The molecule has 0 saturated heterocycles. The van der Waals surface area contributed by atoms with Crippen molar-refractivity contribution in [2.75, 3.05) is 32.1 Å². The minimum Gasteiger partial charge on any atom is -0.497 e. The molecule has 0 fully saturated rings. The molecule has 8 heteroatoms. The van der Waals surface area contributed by atoms with Gasteiger partial charge >= 0.3 is 0 Å². The maximum atomic E-state index is 12.7. The number of methoxy groups -OCH3 is 1. The van der Waals surface area contributed by atoms with Crippen LogP contribution >= 0.6 is 0 Å². The van der Waals surface area contributed by atoms with Crippen LogP contribution in [0.15, 0.2) is 47.4 Å². The molecule has 0 saturated carbocycles. The summed E-state index contributed by atoms with van der Waals surface area (Å²) in [6, 6.07) is 11.6. The molecule has 28 heavy (non-hydrogen) atoms. The third kappa shape index (κ3) is 5.24. The summed E-state index contributed by atoms with van der Waals surface area (Å²) in [5.74, 6) is 0.848. The smallest absolute Gasteiger partial charge is 0.262 e. The van der Waals surface area contributed by atoms with Crippen LogP contribution in [0.4, 0.5) is 5.69 Å². The number of hydrogen-bond donors (Lipinski definition) is 1. The fourth-order valence-electron chi connectivity index (χ4n) is 2.62. The van der Waals surface area contributed by atoms with Crippen LogP contribution in [0.5, 0.6) is 11.5 Å². The lowest BCUT2D eigenvalue weighted by Crippen LogP contribution is -2.30. The number of rotatable bonds is 9. The summed E-state index contributed by atoms with van der Waals surface area (Å²) in [6.45, 7) is 5.93. The largest absolute Gasteiger partial charge is 0.497 e. The minimum atomic E-state index is -3.60. The van der Waals surface area contributed by atoms with Crippen LogP contribution in [0.2, 0.25) is 0 Å². The first kappa shape index (κ1) is 21.7. The zero-order valence-electron chi connectivity index (χ0n) is 16.6. The van der Waals surface area contributed by atoms with E-state index in [-0.39, 0.29) is 17.4 Å². The SMILES string of the molecule is CCN(CC)S(=O)(=O)c1ccc(C)c(NC(=O)COc2ccc(OC)cc2)c1. The van der Waals surface area contributed by atoms with E-state index in [0.29, 0.717) is 30.3 Å². The molecule has 0 atom stereocenters. The van der Waals surface area contributed by atoms with Gasteiger partial charge in [0.15, 0.2) is 6.61 Å². The zero-order chi connectivity index (χ0) is 20.7. The number of nitrogens with zero attached hydrogens (tertiary/aromatic N) is 1. The van der Waals surface area contributed by atoms with E-state index >= 15 is 0 Å². The number of aryl methyl sites for hydroxylation is 1. The molecule has 0 radical (unpaired) electrons. The molecule has 0 aromatic heterocycles. The Balaban J connectivity index is 2.09. The zero-order valence-corrected chi connectivity index (χ0v) is 17.4. The second-order valence-electron chi connectivity index (χ2n) is 6.08. The highest BCUT2D eigenvalue weighted by molar-refractivity contribution is 7.89. The van der Waals surface area contributed by atoms with E-state index in [2.05, 4.69) is 5.32 Å². The summed E-state index contributed by atoms with van der Waals surface area (Å²) >= 11 is 0. The molecule has 0 aliphatic rings. The highest BCUT2D eigenvalue weighted by atomic mass is 32.2. The molecule has 0 unspecified atom stereocenters. The van der Waals surface area contributed by atoms with Gasteiger partial charge in [0.2, 0.25) is 10.0 Å². The van der Waals surface area contributed by atoms with E-state index in [1.54, 1.807) is 64.3 Å². The summed E-state index contributed by atoms with van der Waals surface area (Å²) in [7, 11) is -2.03. The Morgan fingerprint density at radius 1 is 1.04 bits per heavy atom. The summed E-state index contributed by atoms with van der Waals surface area (Å²) < 4.78 is 37.3. The molecule has 152 valence electrons. The predicted molar refractivity (Wildman–Crippen MR) is 108 cm³/mol. The van der Waals surface area contributed by atoms with E-state index in [9.17, 15) is 13.2 Å². The normalized spacial score (nSPS) is 11.3. The van der Waals surface area contributed by atoms with Gasteiger partial charge in [0.1, 0.15) is 11.5 Å². The second kappa shape index (κ2) is 9.57. The number of ether oxygens (including phenoxy) is 2. The lowest BCUT2D eigenvalue weighted by Gasteiger charge is -2.19. The van der Waals surface area contributed by atoms with Crippen LogP contribution in [-0.2, 0) is 14.8 Å². The Hall–Kier alpha value is -2.58. The van der Waals surface area contributed by atoms with Crippen molar-refractivity contribution in [1.82, 2.24) is 4.31 Å². The van der Waals surface area contributed by atoms with Gasteiger partial charge in [-0.3, -0.25) is 4.79 Å². The van der Waals surface area contributed by atoms with E-state index in [1.165, 1.54) is 10.4 Å². The average Bonchev–Trinajstić information content (AvgIpc) is 2.69. The van der Waals surface area contributed by atoms with E-state index < -0.39 is 10.0 Å². The number of benzene rings is 2. The number of anilines is 1. The molecule has 0 spiro atoms. The van der Waals surface area contributed by atoms with Gasteiger partial charge in [-0.2, -0.15) is 4.31 Å². The fraction of sp³-hybridized carbons (Fsp3) is 0.350. The summed E-state index contributed by atoms with van der Waals surface area (Å²) in [5.41, 5.74) is 1.20. The molecule has 2 aromatic carbocycles. The molecule has 0 aliphatic carbocycles. The second-order valence-corrected chi connectivity index (χ2v) is 8.02. The van der Waals surface area contributed by atoms with E-state index in [4.69, 9.17) is 9.47 Å². The molecule has 7 nitrogen and oxygen atoms in total. The molecule has 2 rings (SSSR count). The predicted octanol–water partition coefficient (Wildman–Crippen LogP) is 3.05. The first-order valence-electron chi connectivity index (χ1n) is 8.99. The molecule has 1 amide bonds. The van der Waals surface area contributed by atoms with Crippen molar-refractivity contribution in [3.63, 3.8) is 0 Å². The van der Waals surface area contributed by atoms with Crippen LogP contribution in [0.1, 0.15) is 19.4 Å². The maximum absolute atomic E-state index is 12.7. The van der Waals surface area contributed by atoms with E-state index in [0.717, 1.165) is 5.56 Å². The number of nitrogens with one attached hydrogen (secondary N) is 1. The topological polar surface area (TPSA) is 84.9 Å². The fourth-order valence-corrected chi connectivity index (χ4v) is 4.10. The van der Waals surface area contributed by atoms with Crippen molar-refractivity contribution >= 4 is 21.6 Å². The number of carbonyl (C=O) groups is 1. The van der Waals surface area contributed by atoms with Crippen molar-refractivity contribution in [3.8, 4) is 11.5 Å². The van der Waals surface area contributed by atoms with Gasteiger partial charge in [-0.05, 0) is 48.9 Å². The molecule has 0 bridgehead atoms. The molecule has 2 aromatic rings. The van der Waals surface area contributed by atoms with E-state index in [1.807, 2.05) is 0 Å². The van der Waals surface area contributed by atoms with Gasteiger partial charge in [0, 0.05) is 18.8 Å². The molecule has 1 N–H and O–H groups in total. The number of hydrogen-bond acceptors (Lipinski definition) is 5. The van der Waals surface area contributed by atoms with Crippen molar-refractivity contribution in [2.24, 2.45) is 0 Å². The van der Waals surface area contributed by atoms with Crippen LogP contribution < -0.4 is 14.8 Å².